The van der Waals surface area contributed by atoms with E-state index >= 15 is 0 Å². The van der Waals surface area contributed by atoms with Crippen molar-refractivity contribution in [3.8, 4) is 0 Å². The maximum atomic E-state index is 5.53. The fourth-order valence-corrected chi connectivity index (χ4v) is 1.62. The SMILES string of the molecule is CC(C)OCc1nc(Br)cn1C(C)C. The summed E-state index contributed by atoms with van der Waals surface area (Å²) in [5.41, 5.74) is 0. The molecule has 0 bridgehead atoms. The van der Waals surface area contributed by atoms with Gasteiger partial charge >= 0.3 is 0 Å². The lowest BCUT2D eigenvalue weighted by Crippen LogP contribution is -2.10. The van der Waals surface area contributed by atoms with Crippen molar-refractivity contribution in [1.29, 1.82) is 0 Å². The van der Waals surface area contributed by atoms with Gasteiger partial charge in [-0.05, 0) is 43.6 Å². The average molecular weight is 261 g/mol. The Morgan fingerprint density at radius 1 is 1.43 bits per heavy atom. The first-order valence-electron chi connectivity index (χ1n) is 4.85. The third-order valence-corrected chi connectivity index (χ3v) is 2.26. The van der Waals surface area contributed by atoms with E-state index in [0.717, 1.165) is 10.4 Å². The Labute approximate surface area is 93.6 Å². The summed E-state index contributed by atoms with van der Waals surface area (Å²) in [5, 5.41) is 0. The summed E-state index contributed by atoms with van der Waals surface area (Å²) in [6, 6.07) is 0.416. The van der Waals surface area contributed by atoms with E-state index in [-0.39, 0.29) is 6.10 Å². The van der Waals surface area contributed by atoms with Crippen LogP contribution in [0.4, 0.5) is 0 Å². The van der Waals surface area contributed by atoms with Gasteiger partial charge in [0.1, 0.15) is 17.0 Å². The Morgan fingerprint density at radius 3 is 2.57 bits per heavy atom. The third-order valence-electron chi connectivity index (χ3n) is 1.88. The first kappa shape index (κ1) is 11.7. The molecule has 0 N–H and O–H groups in total. The van der Waals surface area contributed by atoms with Gasteiger partial charge in [-0.2, -0.15) is 0 Å². The van der Waals surface area contributed by atoms with Crippen molar-refractivity contribution in [1.82, 2.24) is 9.55 Å². The van der Waals surface area contributed by atoms with Crippen molar-refractivity contribution in [2.75, 3.05) is 0 Å². The summed E-state index contributed by atoms with van der Waals surface area (Å²) < 4.78 is 8.51. The minimum atomic E-state index is 0.242. The Balaban J connectivity index is 2.74. The van der Waals surface area contributed by atoms with Crippen molar-refractivity contribution in [3.63, 3.8) is 0 Å². The molecule has 3 nitrogen and oxygen atoms in total. The summed E-state index contributed by atoms with van der Waals surface area (Å²) in [7, 11) is 0. The molecule has 0 aliphatic rings. The van der Waals surface area contributed by atoms with Crippen molar-refractivity contribution in [3.05, 3.63) is 16.6 Å². The van der Waals surface area contributed by atoms with Gasteiger partial charge in [0.2, 0.25) is 0 Å². The zero-order chi connectivity index (χ0) is 10.7. The molecule has 0 fully saturated rings. The van der Waals surface area contributed by atoms with E-state index in [1.807, 2.05) is 20.0 Å². The highest BCUT2D eigenvalue weighted by Gasteiger charge is 2.09. The highest BCUT2D eigenvalue weighted by molar-refractivity contribution is 9.10. The fourth-order valence-electron chi connectivity index (χ4n) is 1.19. The molecule has 1 aromatic heterocycles. The molecule has 0 aromatic carbocycles. The molecule has 0 amide bonds. The second-order valence-corrected chi connectivity index (χ2v) is 4.65. The van der Waals surface area contributed by atoms with Gasteiger partial charge in [-0.25, -0.2) is 4.98 Å². The van der Waals surface area contributed by atoms with Crippen LogP contribution in [0.2, 0.25) is 0 Å². The predicted octanol–water partition coefficient (Wildman–Crippen LogP) is 3.15. The molecule has 80 valence electrons. The smallest absolute Gasteiger partial charge is 0.136 e. The Bertz CT molecular complexity index is 294. The van der Waals surface area contributed by atoms with E-state index in [1.165, 1.54) is 0 Å². The number of ether oxygens (including phenoxy) is 1. The molecule has 0 saturated heterocycles. The largest absolute Gasteiger partial charge is 0.371 e. The molecule has 1 aromatic rings. The number of hydrogen-bond donors (Lipinski definition) is 0. The maximum Gasteiger partial charge on any atom is 0.136 e. The molecule has 1 heterocycles. The molecule has 4 heteroatoms. The first-order chi connectivity index (χ1) is 6.50. The highest BCUT2D eigenvalue weighted by Crippen LogP contribution is 2.16. The molecular weight excluding hydrogens is 244 g/mol. The standard InChI is InChI=1S/C10H17BrN2O/c1-7(2)13-5-9(11)12-10(13)6-14-8(3)4/h5,7-8H,6H2,1-4H3. The van der Waals surface area contributed by atoms with E-state index in [1.54, 1.807) is 0 Å². The normalized spacial score (nSPS) is 11.6. The zero-order valence-corrected chi connectivity index (χ0v) is 10.7. The molecule has 0 aliphatic heterocycles. The van der Waals surface area contributed by atoms with Gasteiger partial charge < -0.3 is 9.30 Å². The van der Waals surface area contributed by atoms with Gasteiger partial charge in [-0.1, -0.05) is 0 Å². The van der Waals surface area contributed by atoms with Crippen molar-refractivity contribution in [2.24, 2.45) is 0 Å². The molecule has 0 atom stereocenters. The summed E-state index contributed by atoms with van der Waals surface area (Å²) >= 11 is 3.37. The van der Waals surface area contributed by atoms with Gasteiger partial charge in [-0.15, -0.1) is 0 Å². The molecule has 14 heavy (non-hydrogen) atoms. The lowest BCUT2D eigenvalue weighted by Gasteiger charge is -2.12. The number of aromatic nitrogens is 2. The average Bonchev–Trinajstić information content (AvgIpc) is 2.43. The van der Waals surface area contributed by atoms with Crippen molar-refractivity contribution < 1.29 is 4.74 Å². The van der Waals surface area contributed by atoms with Crippen LogP contribution in [0, 0.1) is 0 Å². The van der Waals surface area contributed by atoms with Crippen LogP contribution >= 0.6 is 15.9 Å². The number of hydrogen-bond acceptors (Lipinski definition) is 2. The molecular formula is C10H17BrN2O. The minimum absolute atomic E-state index is 0.242. The van der Waals surface area contributed by atoms with Gasteiger partial charge in [0.05, 0.1) is 6.10 Å². The van der Waals surface area contributed by atoms with Crippen molar-refractivity contribution >= 4 is 15.9 Å². The first-order valence-corrected chi connectivity index (χ1v) is 5.65. The Kier molecular flexibility index (Phi) is 4.13. The third kappa shape index (κ3) is 3.10. The topological polar surface area (TPSA) is 27.1 Å². The number of halogens is 1. The van der Waals surface area contributed by atoms with Crippen LogP contribution in [-0.2, 0) is 11.3 Å². The van der Waals surface area contributed by atoms with Crippen LogP contribution in [0.1, 0.15) is 39.6 Å². The van der Waals surface area contributed by atoms with Gasteiger partial charge in [0, 0.05) is 12.2 Å². The van der Waals surface area contributed by atoms with Crippen LogP contribution in [0.3, 0.4) is 0 Å². The van der Waals surface area contributed by atoms with E-state index in [0.29, 0.717) is 12.6 Å². The molecule has 0 saturated carbocycles. The molecule has 0 unspecified atom stereocenters. The lowest BCUT2D eigenvalue weighted by atomic mass is 10.4. The van der Waals surface area contributed by atoms with E-state index in [2.05, 4.69) is 39.3 Å². The van der Waals surface area contributed by atoms with E-state index in [4.69, 9.17) is 4.74 Å². The van der Waals surface area contributed by atoms with Crippen LogP contribution in [-0.4, -0.2) is 15.7 Å². The molecule has 0 aliphatic carbocycles. The monoisotopic (exact) mass is 260 g/mol. The van der Waals surface area contributed by atoms with Crippen LogP contribution < -0.4 is 0 Å². The molecule has 0 spiro atoms. The van der Waals surface area contributed by atoms with Crippen LogP contribution in [0.25, 0.3) is 0 Å². The van der Waals surface area contributed by atoms with Gasteiger partial charge in [0.15, 0.2) is 0 Å². The highest BCUT2D eigenvalue weighted by atomic mass is 79.9. The van der Waals surface area contributed by atoms with Crippen LogP contribution in [0.15, 0.2) is 10.8 Å². The second-order valence-electron chi connectivity index (χ2n) is 3.84. The second kappa shape index (κ2) is 4.94. The summed E-state index contributed by atoms with van der Waals surface area (Å²) in [6.45, 7) is 8.89. The summed E-state index contributed by atoms with van der Waals surface area (Å²) in [5.74, 6) is 0.973. The number of nitrogens with zero attached hydrogens (tertiary/aromatic N) is 2. The molecule has 1 rings (SSSR count). The lowest BCUT2D eigenvalue weighted by molar-refractivity contribution is 0.0589. The van der Waals surface area contributed by atoms with E-state index in [9.17, 15) is 0 Å². The minimum Gasteiger partial charge on any atom is -0.371 e. The van der Waals surface area contributed by atoms with Crippen LogP contribution in [0.5, 0.6) is 0 Å². The summed E-state index contributed by atoms with van der Waals surface area (Å²) in [6.07, 6.45) is 2.23. The summed E-state index contributed by atoms with van der Waals surface area (Å²) in [4.78, 5) is 4.36. The number of rotatable bonds is 4. The Hall–Kier alpha value is -0.350. The zero-order valence-electron chi connectivity index (χ0n) is 9.12. The molecule has 0 radical (unpaired) electrons. The quantitative estimate of drug-likeness (QED) is 0.832. The van der Waals surface area contributed by atoms with E-state index < -0.39 is 0 Å². The number of imidazole rings is 1. The van der Waals surface area contributed by atoms with Gasteiger partial charge in [0.25, 0.3) is 0 Å². The predicted molar refractivity (Wildman–Crippen MR) is 60.2 cm³/mol. The fraction of sp³-hybridized carbons (Fsp3) is 0.700. The van der Waals surface area contributed by atoms with Crippen molar-refractivity contribution in [2.45, 2.75) is 46.4 Å². The Morgan fingerprint density at radius 2 is 2.07 bits per heavy atom. The van der Waals surface area contributed by atoms with Gasteiger partial charge in [-0.3, -0.25) is 0 Å². The maximum absolute atomic E-state index is 5.53.